The molecule has 1 fully saturated rings. The van der Waals surface area contributed by atoms with Crippen LogP contribution in [0.5, 0.6) is 0 Å². The van der Waals surface area contributed by atoms with Crippen LogP contribution < -0.4 is 5.48 Å². The first-order chi connectivity index (χ1) is 12.4. The van der Waals surface area contributed by atoms with Crippen molar-refractivity contribution in [3.8, 4) is 0 Å². The van der Waals surface area contributed by atoms with Crippen molar-refractivity contribution in [3.05, 3.63) is 71.8 Å². The molecular weight excluding hydrogens is 306 g/mol. The highest BCUT2D eigenvalue weighted by atomic mass is 16.7. The van der Waals surface area contributed by atoms with E-state index in [4.69, 9.17) is 4.84 Å². The number of hydrogen-bond acceptors (Lipinski definition) is 2. The highest BCUT2D eigenvalue weighted by molar-refractivity contribution is 5.20. The third kappa shape index (κ3) is 5.17. The number of nitrogens with one attached hydrogen (secondary N) is 1. The Labute approximate surface area is 152 Å². The lowest BCUT2D eigenvalue weighted by Crippen LogP contribution is -2.31. The Balaban J connectivity index is 1.72. The largest absolute Gasteiger partial charge is 0.293 e. The molecule has 0 saturated heterocycles. The molecule has 25 heavy (non-hydrogen) atoms. The molecule has 0 aliphatic heterocycles. The molecule has 2 aromatic rings. The van der Waals surface area contributed by atoms with Crippen molar-refractivity contribution in [2.45, 2.75) is 64.0 Å². The minimum Gasteiger partial charge on any atom is -0.293 e. The highest BCUT2D eigenvalue weighted by Gasteiger charge is 2.26. The monoisotopic (exact) mass is 337 g/mol. The molecule has 0 heterocycles. The molecule has 0 bridgehead atoms. The summed E-state index contributed by atoms with van der Waals surface area (Å²) in [5.74, 6) is 0.661. The normalized spacial score (nSPS) is 18.0. The van der Waals surface area contributed by atoms with Crippen LogP contribution in [0.4, 0.5) is 0 Å². The molecule has 0 radical (unpaired) electrons. The Morgan fingerprint density at radius 3 is 2.08 bits per heavy atom. The van der Waals surface area contributed by atoms with Gasteiger partial charge in [0, 0.05) is 0 Å². The molecule has 2 nitrogen and oxygen atoms in total. The number of rotatable bonds is 8. The fraction of sp³-hybridized carbons (Fsp3) is 0.478. The summed E-state index contributed by atoms with van der Waals surface area (Å²) in [4.78, 5) is 6.29. The van der Waals surface area contributed by atoms with Gasteiger partial charge in [-0.25, -0.2) is 0 Å². The van der Waals surface area contributed by atoms with Crippen LogP contribution in [0.1, 0.15) is 75.1 Å². The van der Waals surface area contributed by atoms with Gasteiger partial charge in [0.15, 0.2) is 0 Å². The molecule has 2 aromatic carbocycles. The van der Waals surface area contributed by atoms with E-state index in [9.17, 15) is 0 Å². The predicted molar refractivity (Wildman–Crippen MR) is 104 cm³/mol. The first-order valence-corrected chi connectivity index (χ1v) is 9.89. The van der Waals surface area contributed by atoms with Crippen molar-refractivity contribution in [3.63, 3.8) is 0 Å². The van der Waals surface area contributed by atoms with Gasteiger partial charge in [-0.1, -0.05) is 93.3 Å². The van der Waals surface area contributed by atoms with Crippen molar-refractivity contribution >= 4 is 0 Å². The van der Waals surface area contributed by atoms with E-state index in [0.29, 0.717) is 5.92 Å². The van der Waals surface area contributed by atoms with Crippen LogP contribution in [-0.2, 0) is 4.84 Å². The van der Waals surface area contributed by atoms with Crippen molar-refractivity contribution in [2.75, 3.05) is 0 Å². The molecule has 1 aliphatic carbocycles. The van der Waals surface area contributed by atoms with E-state index < -0.39 is 0 Å². The summed E-state index contributed by atoms with van der Waals surface area (Å²) in [5.41, 5.74) is 6.09. The summed E-state index contributed by atoms with van der Waals surface area (Å²) in [6.07, 6.45) is 8.89. The predicted octanol–water partition coefficient (Wildman–Crippen LogP) is 6.37. The molecule has 1 aliphatic rings. The molecule has 1 saturated carbocycles. The van der Waals surface area contributed by atoms with Crippen LogP contribution >= 0.6 is 0 Å². The van der Waals surface area contributed by atoms with E-state index in [0.717, 1.165) is 12.8 Å². The van der Waals surface area contributed by atoms with Gasteiger partial charge in [0.05, 0.1) is 6.04 Å². The molecule has 0 amide bonds. The Kier molecular flexibility index (Phi) is 7.08. The van der Waals surface area contributed by atoms with Crippen molar-refractivity contribution < 1.29 is 4.84 Å². The molecule has 134 valence electrons. The van der Waals surface area contributed by atoms with E-state index >= 15 is 0 Å². The lowest BCUT2D eigenvalue weighted by atomic mass is 9.81. The Bertz CT molecular complexity index is 592. The zero-order valence-electron chi connectivity index (χ0n) is 15.4. The fourth-order valence-electron chi connectivity index (χ4n) is 3.94. The maximum absolute atomic E-state index is 6.29. The van der Waals surface area contributed by atoms with E-state index in [1.165, 1.54) is 43.2 Å². The van der Waals surface area contributed by atoms with Gasteiger partial charge in [-0.15, -0.1) is 0 Å². The van der Waals surface area contributed by atoms with Crippen molar-refractivity contribution in [1.82, 2.24) is 5.48 Å². The first-order valence-electron chi connectivity index (χ1n) is 9.89. The average Bonchev–Trinajstić information content (AvgIpc) is 2.70. The summed E-state index contributed by atoms with van der Waals surface area (Å²) in [5, 5.41) is 0. The zero-order chi connectivity index (χ0) is 17.3. The maximum atomic E-state index is 6.29. The average molecular weight is 338 g/mol. The van der Waals surface area contributed by atoms with E-state index in [1.54, 1.807) is 0 Å². The third-order valence-electron chi connectivity index (χ3n) is 5.34. The highest BCUT2D eigenvalue weighted by Crippen LogP contribution is 2.35. The molecule has 2 heteroatoms. The van der Waals surface area contributed by atoms with Gasteiger partial charge in [0.2, 0.25) is 0 Å². The van der Waals surface area contributed by atoms with Gasteiger partial charge in [0.1, 0.15) is 6.10 Å². The number of hydroxylamine groups is 1. The van der Waals surface area contributed by atoms with Gasteiger partial charge in [-0.05, 0) is 36.3 Å². The van der Waals surface area contributed by atoms with Crippen LogP contribution in [0.3, 0.4) is 0 Å². The second-order valence-corrected chi connectivity index (χ2v) is 7.21. The smallest absolute Gasteiger partial charge is 0.104 e. The zero-order valence-corrected chi connectivity index (χ0v) is 15.4. The first kappa shape index (κ1) is 18.2. The van der Waals surface area contributed by atoms with Gasteiger partial charge in [0.25, 0.3) is 0 Å². The lowest BCUT2D eigenvalue weighted by Gasteiger charge is -2.32. The molecule has 0 unspecified atom stereocenters. The van der Waals surface area contributed by atoms with E-state index in [-0.39, 0.29) is 12.1 Å². The summed E-state index contributed by atoms with van der Waals surface area (Å²) in [6, 6.07) is 21.7. The summed E-state index contributed by atoms with van der Waals surface area (Å²) in [7, 11) is 0. The lowest BCUT2D eigenvalue weighted by molar-refractivity contribution is -0.0639. The SMILES string of the molecule is CCC[C@@H](ON[C@H](c1ccccc1)C1CCCCC1)c1ccccc1. The topological polar surface area (TPSA) is 21.3 Å². The Hall–Kier alpha value is -1.64. The number of hydrogen-bond donors (Lipinski definition) is 1. The molecule has 2 atom stereocenters. The fourth-order valence-corrected chi connectivity index (χ4v) is 3.94. The summed E-state index contributed by atoms with van der Waals surface area (Å²) >= 11 is 0. The van der Waals surface area contributed by atoms with Crippen LogP contribution in [0, 0.1) is 5.92 Å². The minimum atomic E-state index is 0.112. The molecule has 0 spiro atoms. The second-order valence-electron chi connectivity index (χ2n) is 7.21. The van der Waals surface area contributed by atoms with Crippen LogP contribution in [0.2, 0.25) is 0 Å². The standard InChI is InChI=1S/C23H31NO/c1-2-12-22(19-13-6-3-7-14-19)25-24-23(20-15-8-4-9-16-20)21-17-10-5-11-18-21/h3-4,6-9,13-16,21-24H,2,5,10-12,17-18H2,1H3/t22-,23-/m1/s1. The number of benzene rings is 2. The van der Waals surface area contributed by atoms with Gasteiger partial charge >= 0.3 is 0 Å². The molecule has 3 rings (SSSR count). The Morgan fingerprint density at radius 2 is 1.48 bits per heavy atom. The minimum absolute atomic E-state index is 0.112. The summed E-state index contributed by atoms with van der Waals surface area (Å²) < 4.78 is 0. The van der Waals surface area contributed by atoms with Crippen LogP contribution in [-0.4, -0.2) is 0 Å². The van der Waals surface area contributed by atoms with Crippen LogP contribution in [0.25, 0.3) is 0 Å². The summed E-state index contributed by atoms with van der Waals surface area (Å²) in [6.45, 7) is 2.22. The molecular formula is C23H31NO. The second kappa shape index (κ2) is 9.74. The van der Waals surface area contributed by atoms with Crippen molar-refractivity contribution in [2.24, 2.45) is 5.92 Å². The Morgan fingerprint density at radius 1 is 0.880 bits per heavy atom. The van der Waals surface area contributed by atoms with Gasteiger partial charge in [-0.3, -0.25) is 4.84 Å². The van der Waals surface area contributed by atoms with Gasteiger partial charge in [-0.2, -0.15) is 5.48 Å². The van der Waals surface area contributed by atoms with Crippen LogP contribution in [0.15, 0.2) is 60.7 Å². The third-order valence-corrected chi connectivity index (χ3v) is 5.34. The van der Waals surface area contributed by atoms with E-state index in [2.05, 4.69) is 73.1 Å². The van der Waals surface area contributed by atoms with Gasteiger partial charge < -0.3 is 0 Å². The van der Waals surface area contributed by atoms with Crippen molar-refractivity contribution in [1.29, 1.82) is 0 Å². The van der Waals surface area contributed by atoms with E-state index in [1.807, 2.05) is 0 Å². The maximum Gasteiger partial charge on any atom is 0.104 e. The molecule has 0 aromatic heterocycles. The molecule has 1 N–H and O–H groups in total. The quantitative estimate of drug-likeness (QED) is 0.565.